The van der Waals surface area contributed by atoms with Crippen LogP contribution >= 0.6 is 35.0 Å². The Morgan fingerprint density at radius 2 is 2.26 bits per heavy atom. The van der Waals surface area contributed by atoms with E-state index in [1.54, 1.807) is 0 Å². The summed E-state index contributed by atoms with van der Waals surface area (Å²) in [6.07, 6.45) is 1.15. The van der Waals surface area contributed by atoms with Gasteiger partial charge in [0.05, 0.1) is 16.7 Å². The van der Waals surface area contributed by atoms with Gasteiger partial charge in [-0.15, -0.1) is 11.8 Å². The number of nitrogens with one attached hydrogen (secondary N) is 1. The van der Waals surface area contributed by atoms with E-state index >= 15 is 0 Å². The van der Waals surface area contributed by atoms with Crippen molar-refractivity contribution in [3.63, 3.8) is 0 Å². The van der Waals surface area contributed by atoms with Crippen LogP contribution in [0.1, 0.15) is 13.3 Å². The maximum atomic E-state index is 6.04. The molecule has 0 aromatic heterocycles. The molecule has 2 atom stereocenters. The van der Waals surface area contributed by atoms with E-state index in [1.807, 2.05) is 30.0 Å². The predicted octanol–water partition coefficient (Wildman–Crippen LogP) is 4.10. The number of hydrogen-bond acceptors (Lipinski definition) is 3. The van der Waals surface area contributed by atoms with E-state index in [-0.39, 0.29) is 0 Å². The SMILES string of the molecule is CCNC(CSc1ccc(Cl)c(Cl)c1)C1CCOC1. The summed E-state index contributed by atoms with van der Waals surface area (Å²) in [6.45, 7) is 4.90. The minimum absolute atomic E-state index is 0.493. The molecule has 2 unspecified atom stereocenters. The van der Waals surface area contributed by atoms with Crippen molar-refractivity contribution in [1.29, 1.82) is 0 Å². The Hall–Kier alpha value is 0.0700. The average molecular weight is 320 g/mol. The molecule has 2 rings (SSSR count). The molecule has 1 aliphatic heterocycles. The zero-order valence-corrected chi connectivity index (χ0v) is 13.3. The highest BCUT2D eigenvalue weighted by molar-refractivity contribution is 7.99. The molecule has 1 fully saturated rings. The Morgan fingerprint density at radius 3 is 2.89 bits per heavy atom. The summed E-state index contributed by atoms with van der Waals surface area (Å²) in [4.78, 5) is 1.16. The highest BCUT2D eigenvalue weighted by atomic mass is 35.5. The second-order valence-corrected chi connectivity index (χ2v) is 6.58. The third-order valence-corrected chi connectivity index (χ3v) is 5.17. The molecule has 0 bridgehead atoms. The number of rotatable bonds is 6. The fraction of sp³-hybridized carbons (Fsp3) is 0.571. The normalized spacial score (nSPS) is 20.7. The van der Waals surface area contributed by atoms with Crippen LogP contribution in [0.3, 0.4) is 0 Å². The molecule has 5 heteroatoms. The van der Waals surface area contributed by atoms with Gasteiger partial charge in [-0.05, 0) is 31.2 Å². The lowest BCUT2D eigenvalue weighted by Gasteiger charge is -2.22. The smallest absolute Gasteiger partial charge is 0.0603 e. The van der Waals surface area contributed by atoms with Gasteiger partial charge in [-0.3, -0.25) is 0 Å². The van der Waals surface area contributed by atoms with Crippen molar-refractivity contribution in [3.8, 4) is 0 Å². The van der Waals surface area contributed by atoms with Crippen LogP contribution in [-0.2, 0) is 4.74 Å². The fourth-order valence-electron chi connectivity index (χ4n) is 2.25. The summed E-state index contributed by atoms with van der Waals surface area (Å²) >= 11 is 13.8. The van der Waals surface area contributed by atoms with E-state index in [2.05, 4.69) is 12.2 Å². The molecule has 2 nitrogen and oxygen atoms in total. The van der Waals surface area contributed by atoms with Gasteiger partial charge in [0, 0.05) is 29.2 Å². The molecule has 0 radical (unpaired) electrons. The number of thioether (sulfide) groups is 1. The monoisotopic (exact) mass is 319 g/mol. The van der Waals surface area contributed by atoms with Crippen LogP contribution in [0.5, 0.6) is 0 Å². The summed E-state index contributed by atoms with van der Waals surface area (Å²) < 4.78 is 5.48. The first-order chi connectivity index (χ1) is 9.20. The van der Waals surface area contributed by atoms with Gasteiger partial charge in [0.1, 0.15) is 0 Å². The number of benzene rings is 1. The minimum atomic E-state index is 0.493. The highest BCUT2D eigenvalue weighted by Crippen LogP contribution is 2.29. The molecule has 1 aliphatic rings. The Balaban J connectivity index is 1.91. The lowest BCUT2D eigenvalue weighted by atomic mass is 10.0. The standard InChI is InChI=1S/C14H19Cl2NOS/c1-2-17-14(10-5-6-18-8-10)9-19-11-3-4-12(15)13(16)7-11/h3-4,7,10,14,17H,2,5-6,8-9H2,1H3. The molecule has 1 aromatic rings. The van der Waals surface area contributed by atoms with Gasteiger partial charge in [0.25, 0.3) is 0 Å². The Labute approximate surface area is 129 Å². The van der Waals surface area contributed by atoms with Crippen molar-refractivity contribution in [3.05, 3.63) is 28.2 Å². The van der Waals surface area contributed by atoms with Crippen LogP contribution in [-0.4, -0.2) is 31.6 Å². The molecule has 0 spiro atoms. The molecular formula is C14H19Cl2NOS. The Morgan fingerprint density at radius 1 is 1.42 bits per heavy atom. The van der Waals surface area contributed by atoms with Crippen molar-refractivity contribution in [1.82, 2.24) is 5.32 Å². The topological polar surface area (TPSA) is 21.3 Å². The summed E-state index contributed by atoms with van der Waals surface area (Å²) in [6, 6.07) is 6.30. The Bertz CT molecular complexity index is 410. The molecule has 1 heterocycles. The van der Waals surface area contributed by atoms with Crippen molar-refractivity contribution < 1.29 is 4.74 Å². The summed E-state index contributed by atoms with van der Waals surface area (Å²) in [7, 11) is 0. The molecule has 1 N–H and O–H groups in total. The van der Waals surface area contributed by atoms with Crippen LogP contribution in [0, 0.1) is 5.92 Å². The molecule has 0 aliphatic carbocycles. The lowest BCUT2D eigenvalue weighted by Crippen LogP contribution is -2.38. The van der Waals surface area contributed by atoms with Crippen LogP contribution in [0.4, 0.5) is 0 Å². The van der Waals surface area contributed by atoms with Gasteiger partial charge in [0.15, 0.2) is 0 Å². The average Bonchev–Trinajstić information content (AvgIpc) is 2.92. The third kappa shape index (κ3) is 4.54. The molecule has 106 valence electrons. The van der Waals surface area contributed by atoms with Gasteiger partial charge in [-0.1, -0.05) is 30.1 Å². The third-order valence-electron chi connectivity index (χ3n) is 3.32. The van der Waals surface area contributed by atoms with E-state index in [9.17, 15) is 0 Å². The maximum Gasteiger partial charge on any atom is 0.0603 e. The van der Waals surface area contributed by atoms with Gasteiger partial charge in [0.2, 0.25) is 0 Å². The fourth-order valence-corrected chi connectivity index (χ4v) is 3.74. The van der Waals surface area contributed by atoms with Crippen molar-refractivity contribution in [2.45, 2.75) is 24.3 Å². The van der Waals surface area contributed by atoms with Crippen LogP contribution in [0.2, 0.25) is 10.0 Å². The summed E-state index contributed by atoms with van der Waals surface area (Å²) in [5, 5.41) is 4.79. The van der Waals surface area contributed by atoms with E-state index < -0.39 is 0 Å². The van der Waals surface area contributed by atoms with Crippen LogP contribution in [0.25, 0.3) is 0 Å². The zero-order valence-electron chi connectivity index (χ0n) is 11.0. The summed E-state index contributed by atoms with van der Waals surface area (Å²) in [5.74, 6) is 1.65. The first-order valence-electron chi connectivity index (χ1n) is 6.59. The molecule has 1 aromatic carbocycles. The van der Waals surface area contributed by atoms with E-state index in [0.29, 0.717) is 22.0 Å². The number of halogens is 2. The quantitative estimate of drug-likeness (QED) is 0.798. The highest BCUT2D eigenvalue weighted by Gasteiger charge is 2.25. The molecule has 0 saturated carbocycles. The van der Waals surface area contributed by atoms with Gasteiger partial charge < -0.3 is 10.1 Å². The molecule has 1 saturated heterocycles. The zero-order chi connectivity index (χ0) is 13.7. The Kier molecular flexibility index (Phi) is 6.30. The lowest BCUT2D eigenvalue weighted by molar-refractivity contribution is 0.179. The second kappa shape index (κ2) is 7.75. The van der Waals surface area contributed by atoms with Gasteiger partial charge in [-0.2, -0.15) is 0 Å². The van der Waals surface area contributed by atoms with Gasteiger partial charge in [-0.25, -0.2) is 0 Å². The maximum absolute atomic E-state index is 6.04. The molecular weight excluding hydrogens is 301 g/mol. The van der Waals surface area contributed by atoms with Gasteiger partial charge >= 0.3 is 0 Å². The minimum Gasteiger partial charge on any atom is -0.381 e. The van der Waals surface area contributed by atoms with Crippen LogP contribution < -0.4 is 5.32 Å². The molecule has 19 heavy (non-hydrogen) atoms. The predicted molar refractivity (Wildman–Crippen MR) is 83.6 cm³/mol. The number of hydrogen-bond donors (Lipinski definition) is 1. The largest absolute Gasteiger partial charge is 0.381 e. The van der Waals surface area contributed by atoms with E-state index in [4.69, 9.17) is 27.9 Å². The summed E-state index contributed by atoms with van der Waals surface area (Å²) in [5.41, 5.74) is 0. The first-order valence-corrected chi connectivity index (χ1v) is 8.34. The molecule has 0 amide bonds. The second-order valence-electron chi connectivity index (χ2n) is 4.67. The van der Waals surface area contributed by atoms with E-state index in [0.717, 1.165) is 36.8 Å². The van der Waals surface area contributed by atoms with Crippen molar-refractivity contribution in [2.24, 2.45) is 5.92 Å². The number of ether oxygens (including phenoxy) is 1. The van der Waals surface area contributed by atoms with Crippen molar-refractivity contribution in [2.75, 3.05) is 25.5 Å². The first kappa shape index (κ1) is 15.5. The van der Waals surface area contributed by atoms with Crippen molar-refractivity contribution >= 4 is 35.0 Å². The van der Waals surface area contributed by atoms with Crippen LogP contribution in [0.15, 0.2) is 23.1 Å². The van der Waals surface area contributed by atoms with E-state index in [1.165, 1.54) is 0 Å².